The Labute approximate surface area is 228 Å². The molecule has 3 aromatic carbocycles. The van der Waals surface area contributed by atoms with Gasteiger partial charge in [-0.15, -0.1) is 0 Å². The molecule has 0 unspecified atom stereocenters. The van der Waals surface area contributed by atoms with E-state index in [9.17, 15) is 30.7 Å². The van der Waals surface area contributed by atoms with Crippen molar-refractivity contribution < 1.29 is 35.1 Å². The lowest BCUT2D eigenvalue weighted by Crippen LogP contribution is -2.13. The van der Waals surface area contributed by atoms with E-state index in [1.54, 1.807) is 6.07 Å². The van der Waals surface area contributed by atoms with Crippen LogP contribution in [0.15, 0.2) is 42.5 Å². The van der Waals surface area contributed by atoms with Gasteiger partial charge in [0.25, 0.3) is 0 Å². The van der Waals surface area contributed by atoms with Gasteiger partial charge in [0.2, 0.25) is 0 Å². The van der Waals surface area contributed by atoms with Gasteiger partial charge in [0.15, 0.2) is 0 Å². The van der Waals surface area contributed by atoms with E-state index in [-0.39, 0.29) is 41.0 Å². The van der Waals surface area contributed by atoms with E-state index in [0.29, 0.717) is 5.92 Å². The first-order chi connectivity index (χ1) is 18.9. The predicted molar refractivity (Wildman–Crippen MR) is 138 cm³/mol. The number of hydrogen-bond donors (Lipinski definition) is 0. The molecule has 0 radical (unpaired) electrons. The van der Waals surface area contributed by atoms with E-state index in [1.165, 1.54) is 24.5 Å². The molecule has 1 aliphatic carbocycles. The van der Waals surface area contributed by atoms with Crippen LogP contribution < -0.4 is 0 Å². The Balaban J connectivity index is 1.47. The first-order valence-electron chi connectivity index (χ1n) is 13.3. The summed E-state index contributed by atoms with van der Waals surface area (Å²) in [7, 11) is 0. The molecule has 0 atom stereocenters. The third kappa shape index (κ3) is 7.24. The molecular formula is C32H28F8. The van der Waals surface area contributed by atoms with E-state index in [1.807, 2.05) is 0 Å². The highest BCUT2D eigenvalue weighted by atomic mass is 19.4. The van der Waals surface area contributed by atoms with Gasteiger partial charge < -0.3 is 0 Å². The number of hydrogen-bond acceptors (Lipinski definition) is 0. The topological polar surface area (TPSA) is 0 Å². The molecule has 0 aliphatic heterocycles. The van der Waals surface area contributed by atoms with Crippen LogP contribution in [0.2, 0.25) is 0 Å². The second-order valence-electron chi connectivity index (χ2n) is 10.3. The summed E-state index contributed by atoms with van der Waals surface area (Å²) in [5.41, 5.74) is -0.442. The number of aryl methyl sites for hydroxylation is 1. The molecule has 212 valence electrons. The van der Waals surface area contributed by atoms with Crippen molar-refractivity contribution in [2.75, 3.05) is 0 Å². The normalized spacial score (nSPS) is 17.4. The van der Waals surface area contributed by atoms with E-state index in [0.717, 1.165) is 67.9 Å². The molecule has 0 spiro atoms. The molecule has 1 aliphatic rings. The highest BCUT2D eigenvalue weighted by Gasteiger charge is 2.24. The molecule has 0 saturated heterocycles. The third-order valence-corrected chi connectivity index (χ3v) is 7.56. The van der Waals surface area contributed by atoms with Crippen LogP contribution >= 0.6 is 0 Å². The van der Waals surface area contributed by atoms with Crippen molar-refractivity contribution in [2.45, 2.75) is 70.4 Å². The van der Waals surface area contributed by atoms with Gasteiger partial charge in [0.1, 0.15) is 29.1 Å². The molecule has 3 aromatic rings. The molecule has 0 bridgehead atoms. The number of alkyl halides is 3. The SMILES string of the molecule is CCCC1CCC(c2ccc(-c3cc(F)c(CCc4cc(F)c(C#CC(F)(F)F)c(F)c4)c(F)c3)c(F)c2)CC1. The van der Waals surface area contributed by atoms with E-state index in [4.69, 9.17) is 0 Å². The van der Waals surface area contributed by atoms with Gasteiger partial charge in [-0.1, -0.05) is 37.8 Å². The van der Waals surface area contributed by atoms with E-state index in [2.05, 4.69) is 6.92 Å². The number of benzene rings is 3. The molecule has 1 saturated carbocycles. The summed E-state index contributed by atoms with van der Waals surface area (Å²) >= 11 is 0. The van der Waals surface area contributed by atoms with Crippen molar-refractivity contribution in [3.05, 3.63) is 93.8 Å². The Bertz CT molecular complexity index is 1370. The van der Waals surface area contributed by atoms with Crippen molar-refractivity contribution in [3.8, 4) is 23.0 Å². The third-order valence-electron chi connectivity index (χ3n) is 7.56. The highest BCUT2D eigenvalue weighted by Crippen LogP contribution is 2.39. The summed E-state index contributed by atoms with van der Waals surface area (Å²) in [6.07, 6.45) is 1.14. The minimum Gasteiger partial charge on any atom is -0.207 e. The van der Waals surface area contributed by atoms with Crippen LogP contribution in [-0.4, -0.2) is 6.18 Å². The van der Waals surface area contributed by atoms with Gasteiger partial charge in [-0.2, -0.15) is 13.2 Å². The second-order valence-corrected chi connectivity index (χ2v) is 10.3. The predicted octanol–water partition coefficient (Wildman–Crippen LogP) is 9.82. The molecule has 8 heteroatoms. The molecule has 0 amide bonds. The molecule has 4 rings (SSSR count). The zero-order valence-corrected chi connectivity index (χ0v) is 21.9. The molecule has 0 aromatic heterocycles. The molecule has 1 fully saturated rings. The lowest BCUT2D eigenvalue weighted by Gasteiger charge is -2.28. The Morgan fingerprint density at radius 3 is 1.93 bits per heavy atom. The molecular weight excluding hydrogens is 536 g/mol. The van der Waals surface area contributed by atoms with Gasteiger partial charge in [-0.25, -0.2) is 22.0 Å². The van der Waals surface area contributed by atoms with Crippen LogP contribution in [0.5, 0.6) is 0 Å². The van der Waals surface area contributed by atoms with E-state index >= 15 is 4.39 Å². The monoisotopic (exact) mass is 564 g/mol. The molecule has 40 heavy (non-hydrogen) atoms. The minimum absolute atomic E-state index is 0.0132. The maximum Gasteiger partial charge on any atom is 0.458 e. The van der Waals surface area contributed by atoms with Crippen LogP contribution in [0.1, 0.15) is 73.6 Å². The maximum atomic E-state index is 15.1. The zero-order valence-electron chi connectivity index (χ0n) is 21.9. The maximum absolute atomic E-state index is 15.1. The zero-order chi connectivity index (χ0) is 29.0. The molecule has 0 N–H and O–H groups in total. The first-order valence-corrected chi connectivity index (χ1v) is 13.3. The standard InChI is InChI=1S/C32H28F8/c1-2-3-19-4-7-21(8-5-19)22-9-11-24(29(35)16-22)23-17-30(36)25(31(37)18-23)10-6-20-14-27(33)26(28(34)15-20)12-13-32(38,39)40/h9,11,14-19,21H,2-8,10H2,1H3. The van der Waals surface area contributed by atoms with Crippen molar-refractivity contribution in [3.63, 3.8) is 0 Å². The number of halogens is 8. The average molecular weight is 565 g/mol. The van der Waals surface area contributed by atoms with Crippen molar-refractivity contribution in [1.29, 1.82) is 0 Å². The Hall–Kier alpha value is -3.34. The van der Waals surface area contributed by atoms with Crippen molar-refractivity contribution >= 4 is 0 Å². The number of rotatable bonds is 7. The van der Waals surface area contributed by atoms with Gasteiger partial charge in [-0.3, -0.25) is 0 Å². The van der Waals surface area contributed by atoms with Crippen LogP contribution in [0.25, 0.3) is 11.1 Å². The summed E-state index contributed by atoms with van der Waals surface area (Å²) in [4.78, 5) is 0. The molecule has 0 heterocycles. The summed E-state index contributed by atoms with van der Waals surface area (Å²) in [5.74, 6) is -1.88. The fraction of sp³-hybridized carbons (Fsp3) is 0.375. The van der Waals surface area contributed by atoms with Crippen molar-refractivity contribution in [1.82, 2.24) is 0 Å². The van der Waals surface area contributed by atoms with Crippen molar-refractivity contribution in [2.24, 2.45) is 5.92 Å². The fourth-order valence-electron chi connectivity index (χ4n) is 5.50. The summed E-state index contributed by atoms with van der Waals surface area (Å²) < 4.78 is 110. The average Bonchev–Trinajstić information content (AvgIpc) is 2.87. The first kappa shape index (κ1) is 29.6. The highest BCUT2D eigenvalue weighted by molar-refractivity contribution is 5.65. The lowest BCUT2D eigenvalue weighted by atomic mass is 9.77. The Kier molecular flexibility index (Phi) is 9.22. The van der Waals surface area contributed by atoms with Crippen LogP contribution in [-0.2, 0) is 12.8 Å². The van der Waals surface area contributed by atoms with Gasteiger partial charge in [-0.05, 0) is 97.4 Å². The lowest BCUT2D eigenvalue weighted by molar-refractivity contribution is -0.0696. The van der Waals surface area contributed by atoms with Gasteiger partial charge >= 0.3 is 6.18 Å². The summed E-state index contributed by atoms with van der Waals surface area (Å²) in [6.45, 7) is 2.17. The summed E-state index contributed by atoms with van der Waals surface area (Å²) in [6, 6.07) is 8.37. The van der Waals surface area contributed by atoms with Crippen LogP contribution in [0, 0.1) is 46.8 Å². The Morgan fingerprint density at radius 1 is 0.750 bits per heavy atom. The quantitative estimate of drug-likeness (QED) is 0.198. The van der Waals surface area contributed by atoms with E-state index < -0.39 is 40.8 Å². The smallest absolute Gasteiger partial charge is 0.207 e. The second kappa shape index (κ2) is 12.4. The van der Waals surface area contributed by atoms with Gasteiger partial charge in [0.05, 0.1) is 5.56 Å². The van der Waals surface area contributed by atoms with Crippen LogP contribution in [0.3, 0.4) is 0 Å². The fourth-order valence-corrected chi connectivity index (χ4v) is 5.50. The minimum atomic E-state index is -4.92. The molecule has 0 nitrogen and oxygen atoms in total. The van der Waals surface area contributed by atoms with Crippen LogP contribution in [0.4, 0.5) is 35.1 Å². The Morgan fingerprint density at radius 2 is 1.38 bits per heavy atom. The summed E-state index contributed by atoms with van der Waals surface area (Å²) in [5, 5.41) is 0. The largest absolute Gasteiger partial charge is 0.458 e. The van der Waals surface area contributed by atoms with Gasteiger partial charge in [0, 0.05) is 17.0 Å².